The Kier molecular flexibility index (Phi) is 5.04. The van der Waals surface area contributed by atoms with Crippen LogP contribution < -0.4 is 10.2 Å². The first-order valence-electron chi connectivity index (χ1n) is 10.00. The third-order valence-electron chi connectivity index (χ3n) is 5.94. The predicted octanol–water partition coefficient (Wildman–Crippen LogP) is 0.700. The van der Waals surface area contributed by atoms with E-state index in [1.807, 2.05) is 18.7 Å². The maximum absolute atomic E-state index is 12.8. The van der Waals surface area contributed by atoms with Crippen molar-refractivity contribution in [2.24, 2.45) is 0 Å². The number of fused-ring (bicyclic) bond motifs is 2. The number of piperazine rings is 1. The molecule has 3 aliphatic rings. The second-order valence-corrected chi connectivity index (χ2v) is 8.09. The molecule has 2 bridgehead atoms. The normalized spacial score (nSPS) is 25.7. The minimum Gasteiger partial charge on any atom is -0.368 e. The second kappa shape index (κ2) is 7.46. The number of carbonyl (C=O) groups is 2. The smallest absolute Gasteiger partial charge is 0.242 e. The zero-order valence-corrected chi connectivity index (χ0v) is 16.3. The van der Waals surface area contributed by atoms with Crippen LogP contribution in [0, 0.1) is 13.8 Å². The summed E-state index contributed by atoms with van der Waals surface area (Å²) in [6.45, 7) is 7.93. The molecule has 7 heteroatoms. The first kappa shape index (κ1) is 18.2. The van der Waals surface area contributed by atoms with Gasteiger partial charge in [-0.3, -0.25) is 14.6 Å². The number of rotatable bonds is 3. The van der Waals surface area contributed by atoms with E-state index in [1.54, 1.807) is 4.90 Å². The summed E-state index contributed by atoms with van der Waals surface area (Å²) in [7, 11) is 0. The van der Waals surface area contributed by atoms with Gasteiger partial charge in [0.25, 0.3) is 0 Å². The first-order chi connectivity index (χ1) is 13.0. The average Bonchev–Trinajstić information content (AvgIpc) is 3.00. The molecule has 1 aromatic rings. The molecular weight excluding hydrogens is 342 g/mol. The van der Waals surface area contributed by atoms with Crippen LogP contribution in [0.2, 0.25) is 0 Å². The van der Waals surface area contributed by atoms with E-state index in [0.717, 1.165) is 37.3 Å². The summed E-state index contributed by atoms with van der Waals surface area (Å²) in [4.78, 5) is 35.6. The molecule has 0 spiro atoms. The largest absolute Gasteiger partial charge is 0.368 e. The Morgan fingerprint density at radius 2 is 1.78 bits per heavy atom. The van der Waals surface area contributed by atoms with Gasteiger partial charge >= 0.3 is 0 Å². The van der Waals surface area contributed by atoms with E-state index in [0.29, 0.717) is 38.1 Å². The fourth-order valence-electron chi connectivity index (χ4n) is 4.54. The zero-order chi connectivity index (χ0) is 19.0. The van der Waals surface area contributed by atoms with Gasteiger partial charge in [-0.2, -0.15) is 0 Å². The lowest BCUT2D eigenvalue weighted by molar-refractivity contribution is -0.140. The van der Waals surface area contributed by atoms with E-state index in [4.69, 9.17) is 0 Å². The van der Waals surface area contributed by atoms with Gasteiger partial charge in [0, 0.05) is 68.3 Å². The summed E-state index contributed by atoms with van der Waals surface area (Å²) >= 11 is 0. The average molecular weight is 371 g/mol. The molecule has 0 radical (unpaired) electrons. The van der Waals surface area contributed by atoms with Gasteiger partial charge in [0.05, 0.1) is 6.54 Å². The number of pyridine rings is 1. The summed E-state index contributed by atoms with van der Waals surface area (Å²) in [6, 6.07) is 4.85. The molecule has 3 aliphatic heterocycles. The number of amides is 2. The molecule has 2 atom stereocenters. The molecule has 3 saturated heterocycles. The molecule has 7 nitrogen and oxygen atoms in total. The number of aromatic nitrogens is 1. The van der Waals surface area contributed by atoms with Crippen LogP contribution in [0.3, 0.4) is 0 Å². The highest BCUT2D eigenvalue weighted by molar-refractivity contribution is 5.85. The monoisotopic (exact) mass is 371 g/mol. The molecule has 0 saturated carbocycles. The number of hydrogen-bond donors (Lipinski definition) is 1. The maximum Gasteiger partial charge on any atom is 0.242 e. The lowest BCUT2D eigenvalue weighted by Gasteiger charge is -2.37. The Hall–Kier alpha value is -2.15. The van der Waals surface area contributed by atoms with Crippen LogP contribution in [-0.2, 0) is 9.59 Å². The molecule has 146 valence electrons. The Labute approximate surface area is 160 Å². The Balaban J connectivity index is 1.32. The van der Waals surface area contributed by atoms with Crippen molar-refractivity contribution in [3.8, 4) is 0 Å². The van der Waals surface area contributed by atoms with E-state index >= 15 is 0 Å². The van der Waals surface area contributed by atoms with Crippen LogP contribution in [-0.4, -0.2) is 78.0 Å². The third-order valence-corrected chi connectivity index (χ3v) is 5.94. The van der Waals surface area contributed by atoms with Gasteiger partial charge in [-0.05, 0) is 38.8 Å². The molecule has 0 aliphatic carbocycles. The Morgan fingerprint density at radius 1 is 1.11 bits per heavy atom. The van der Waals surface area contributed by atoms with E-state index in [9.17, 15) is 9.59 Å². The number of aryl methyl sites for hydroxylation is 2. The van der Waals surface area contributed by atoms with Crippen LogP contribution in [0.15, 0.2) is 12.1 Å². The van der Waals surface area contributed by atoms with Crippen molar-refractivity contribution in [2.45, 2.75) is 45.2 Å². The lowest BCUT2D eigenvalue weighted by Crippen LogP contribution is -2.52. The zero-order valence-electron chi connectivity index (χ0n) is 16.3. The summed E-state index contributed by atoms with van der Waals surface area (Å²) in [5.41, 5.74) is 3.22. The maximum atomic E-state index is 12.8. The van der Waals surface area contributed by atoms with Crippen molar-refractivity contribution < 1.29 is 9.59 Å². The summed E-state index contributed by atoms with van der Waals surface area (Å²) in [5.74, 6) is 0.187. The van der Waals surface area contributed by atoms with Crippen molar-refractivity contribution in [1.82, 2.24) is 20.1 Å². The fourth-order valence-corrected chi connectivity index (χ4v) is 4.54. The highest BCUT2D eigenvalue weighted by atomic mass is 16.2. The van der Waals surface area contributed by atoms with Crippen molar-refractivity contribution in [3.05, 3.63) is 23.5 Å². The molecule has 27 heavy (non-hydrogen) atoms. The minimum atomic E-state index is 0.0721. The quantitative estimate of drug-likeness (QED) is 0.847. The van der Waals surface area contributed by atoms with Crippen LogP contribution in [0.5, 0.6) is 0 Å². The van der Waals surface area contributed by atoms with Crippen molar-refractivity contribution in [2.75, 3.05) is 44.2 Å². The number of nitrogens with zero attached hydrogens (tertiary/aromatic N) is 4. The van der Waals surface area contributed by atoms with Gasteiger partial charge in [-0.25, -0.2) is 0 Å². The molecule has 1 aromatic heterocycles. The van der Waals surface area contributed by atoms with E-state index in [2.05, 4.69) is 27.3 Å². The standard InChI is InChI=1S/C20H29N5O2/c1-14-9-18(10-15(2)21-14)23-5-7-24(8-6-23)20(27)13-25-12-17-4-3-16(22-17)11-19(25)26/h9-10,16-17,22H,3-8,11-13H2,1-2H3. The SMILES string of the molecule is Cc1cc(N2CCN(C(=O)CN3CC4CCC(CC3=O)N4)CC2)cc(C)n1. The summed E-state index contributed by atoms with van der Waals surface area (Å²) in [6.07, 6.45) is 2.71. The highest BCUT2D eigenvalue weighted by Gasteiger charge is 2.35. The van der Waals surface area contributed by atoms with Crippen LogP contribution in [0.25, 0.3) is 0 Å². The second-order valence-electron chi connectivity index (χ2n) is 8.09. The van der Waals surface area contributed by atoms with Crippen LogP contribution >= 0.6 is 0 Å². The fraction of sp³-hybridized carbons (Fsp3) is 0.650. The van der Waals surface area contributed by atoms with E-state index in [-0.39, 0.29) is 18.4 Å². The number of anilines is 1. The number of hydrogen-bond acceptors (Lipinski definition) is 5. The Morgan fingerprint density at radius 3 is 2.48 bits per heavy atom. The van der Waals surface area contributed by atoms with E-state index < -0.39 is 0 Å². The molecule has 0 aromatic carbocycles. The number of likely N-dealkylation sites (tertiary alicyclic amines) is 1. The Bertz CT molecular complexity index is 709. The third kappa shape index (κ3) is 4.08. The van der Waals surface area contributed by atoms with Gasteiger partial charge < -0.3 is 20.0 Å². The van der Waals surface area contributed by atoms with Gasteiger partial charge in [0.1, 0.15) is 0 Å². The molecule has 2 unspecified atom stereocenters. The minimum absolute atomic E-state index is 0.0721. The van der Waals surface area contributed by atoms with Gasteiger partial charge in [0.15, 0.2) is 0 Å². The van der Waals surface area contributed by atoms with Gasteiger partial charge in [-0.15, -0.1) is 0 Å². The number of nitrogens with one attached hydrogen (secondary N) is 1. The summed E-state index contributed by atoms with van der Waals surface area (Å²) in [5, 5.41) is 3.50. The molecule has 2 amide bonds. The summed E-state index contributed by atoms with van der Waals surface area (Å²) < 4.78 is 0. The van der Waals surface area contributed by atoms with Crippen LogP contribution in [0.1, 0.15) is 30.7 Å². The molecule has 4 rings (SSSR count). The molecule has 1 N–H and O–H groups in total. The molecule has 4 heterocycles. The topological polar surface area (TPSA) is 68.8 Å². The molecule has 3 fully saturated rings. The van der Waals surface area contributed by atoms with Gasteiger partial charge in [0.2, 0.25) is 11.8 Å². The number of carbonyl (C=O) groups excluding carboxylic acids is 2. The van der Waals surface area contributed by atoms with E-state index in [1.165, 1.54) is 5.69 Å². The molecular formula is C20H29N5O2. The van der Waals surface area contributed by atoms with Crippen LogP contribution in [0.4, 0.5) is 5.69 Å². The highest BCUT2D eigenvalue weighted by Crippen LogP contribution is 2.22. The lowest BCUT2D eigenvalue weighted by atomic mass is 10.1. The van der Waals surface area contributed by atoms with Gasteiger partial charge in [-0.1, -0.05) is 0 Å². The predicted molar refractivity (Wildman–Crippen MR) is 104 cm³/mol. The van der Waals surface area contributed by atoms with Crippen molar-refractivity contribution >= 4 is 17.5 Å². The van der Waals surface area contributed by atoms with Crippen molar-refractivity contribution in [3.63, 3.8) is 0 Å². The first-order valence-corrected chi connectivity index (χ1v) is 10.00. The van der Waals surface area contributed by atoms with Crippen molar-refractivity contribution in [1.29, 1.82) is 0 Å².